The van der Waals surface area contributed by atoms with Crippen molar-refractivity contribution in [2.45, 2.75) is 26.2 Å². The number of aromatic nitrogens is 1. The standard InChI is InChI=1S/C12H18N2O2/c1-4-5-6-12(15)14(2)10-7-8-11(16-3)13-9-10/h7-9H,4-6H2,1-3H3. The molecule has 0 N–H and O–H groups in total. The van der Waals surface area contributed by atoms with Crippen molar-refractivity contribution in [3.8, 4) is 5.88 Å². The van der Waals surface area contributed by atoms with Gasteiger partial charge in [0, 0.05) is 19.5 Å². The summed E-state index contributed by atoms with van der Waals surface area (Å²) in [4.78, 5) is 17.4. The third-order valence-corrected chi connectivity index (χ3v) is 2.44. The Balaban J connectivity index is 2.64. The van der Waals surface area contributed by atoms with Gasteiger partial charge in [0.25, 0.3) is 0 Å². The van der Waals surface area contributed by atoms with Gasteiger partial charge in [-0.25, -0.2) is 4.98 Å². The van der Waals surface area contributed by atoms with Crippen LogP contribution in [0.4, 0.5) is 5.69 Å². The van der Waals surface area contributed by atoms with Crippen molar-refractivity contribution in [1.29, 1.82) is 0 Å². The fraction of sp³-hybridized carbons (Fsp3) is 0.500. The molecular formula is C12H18N2O2. The second-order valence-corrected chi connectivity index (χ2v) is 3.62. The molecule has 0 aliphatic heterocycles. The number of nitrogens with zero attached hydrogens (tertiary/aromatic N) is 2. The van der Waals surface area contributed by atoms with Crippen molar-refractivity contribution in [2.24, 2.45) is 0 Å². The number of rotatable bonds is 5. The van der Waals surface area contributed by atoms with Gasteiger partial charge in [-0.3, -0.25) is 4.79 Å². The fourth-order valence-electron chi connectivity index (χ4n) is 1.33. The van der Waals surface area contributed by atoms with E-state index in [1.807, 2.05) is 6.07 Å². The van der Waals surface area contributed by atoms with Gasteiger partial charge in [-0.1, -0.05) is 13.3 Å². The first kappa shape index (κ1) is 12.5. The summed E-state index contributed by atoms with van der Waals surface area (Å²) in [5.74, 6) is 0.673. The van der Waals surface area contributed by atoms with Gasteiger partial charge < -0.3 is 9.64 Å². The molecule has 0 aliphatic carbocycles. The lowest BCUT2D eigenvalue weighted by molar-refractivity contribution is -0.118. The van der Waals surface area contributed by atoms with Crippen LogP contribution < -0.4 is 9.64 Å². The number of hydrogen-bond acceptors (Lipinski definition) is 3. The van der Waals surface area contributed by atoms with E-state index in [2.05, 4.69) is 11.9 Å². The van der Waals surface area contributed by atoms with E-state index in [-0.39, 0.29) is 5.91 Å². The maximum Gasteiger partial charge on any atom is 0.226 e. The summed E-state index contributed by atoms with van der Waals surface area (Å²) in [5.41, 5.74) is 0.793. The van der Waals surface area contributed by atoms with E-state index in [0.717, 1.165) is 18.5 Å². The maximum atomic E-state index is 11.7. The number of carbonyl (C=O) groups excluding carboxylic acids is 1. The minimum atomic E-state index is 0.119. The van der Waals surface area contributed by atoms with Gasteiger partial charge in [0.05, 0.1) is 19.0 Å². The van der Waals surface area contributed by atoms with Gasteiger partial charge in [-0.15, -0.1) is 0 Å². The molecule has 88 valence electrons. The molecule has 16 heavy (non-hydrogen) atoms. The van der Waals surface area contributed by atoms with Crippen molar-refractivity contribution in [2.75, 3.05) is 19.1 Å². The minimum Gasteiger partial charge on any atom is -0.481 e. The Kier molecular flexibility index (Phi) is 4.76. The average Bonchev–Trinajstić information content (AvgIpc) is 2.35. The first-order valence-corrected chi connectivity index (χ1v) is 5.45. The first-order valence-electron chi connectivity index (χ1n) is 5.45. The Bertz CT molecular complexity index is 335. The molecule has 4 heteroatoms. The van der Waals surface area contributed by atoms with E-state index >= 15 is 0 Å². The number of pyridine rings is 1. The van der Waals surface area contributed by atoms with Gasteiger partial charge in [0.15, 0.2) is 0 Å². The SMILES string of the molecule is CCCCC(=O)N(C)c1ccc(OC)nc1. The largest absolute Gasteiger partial charge is 0.481 e. The molecule has 1 aromatic heterocycles. The molecule has 4 nitrogen and oxygen atoms in total. The van der Waals surface area contributed by atoms with Crippen LogP contribution in [0.1, 0.15) is 26.2 Å². The number of methoxy groups -OCH3 is 1. The molecule has 0 bridgehead atoms. The predicted molar refractivity (Wildman–Crippen MR) is 63.7 cm³/mol. The summed E-state index contributed by atoms with van der Waals surface area (Å²) in [6, 6.07) is 3.58. The molecule has 0 atom stereocenters. The summed E-state index contributed by atoms with van der Waals surface area (Å²) in [5, 5.41) is 0. The molecule has 0 saturated carbocycles. The summed E-state index contributed by atoms with van der Waals surface area (Å²) in [7, 11) is 3.33. The zero-order chi connectivity index (χ0) is 12.0. The molecule has 0 spiro atoms. The van der Waals surface area contributed by atoms with Crippen LogP contribution in [0.5, 0.6) is 5.88 Å². The molecule has 1 rings (SSSR count). The smallest absolute Gasteiger partial charge is 0.226 e. The zero-order valence-corrected chi connectivity index (χ0v) is 10.1. The second kappa shape index (κ2) is 6.10. The van der Waals surface area contributed by atoms with Crippen molar-refractivity contribution in [3.05, 3.63) is 18.3 Å². The number of anilines is 1. The third kappa shape index (κ3) is 3.22. The molecule has 0 fully saturated rings. The molecule has 1 amide bonds. The Labute approximate surface area is 96.2 Å². The highest BCUT2D eigenvalue weighted by atomic mass is 16.5. The monoisotopic (exact) mass is 222 g/mol. The summed E-state index contributed by atoms with van der Waals surface area (Å²) >= 11 is 0. The van der Waals surface area contributed by atoms with Crippen LogP contribution in [-0.2, 0) is 4.79 Å². The topological polar surface area (TPSA) is 42.4 Å². The Morgan fingerprint density at radius 1 is 1.50 bits per heavy atom. The lowest BCUT2D eigenvalue weighted by Gasteiger charge is -2.16. The molecule has 0 unspecified atom stereocenters. The molecule has 0 radical (unpaired) electrons. The minimum absolute atomic E-state index is 0.119. The van der Waals surface area contributed by atoms with E-state index in [0.29, 0.717) is 12.3 Å². The summed E-state index contributed by atoms with van der Waals surface area (Å²) < 4.78 is 4.96. The number of ether oxygens (including phenoxy) is 1. The van der Waals surface area contributed by atoms with E-state index in [4.69, 9.17) is 4.74 Å². The van der Waals surface area contributed by atoms with Crippen molar-refractivity contribution in [1.82, 2.24) is 4.98 Å². The van der Waals surface area contributed by atoms with Crippen LogP contribution in [0.25, 0.3) is 0 Å². The van der Waals surface area contributed by atoms with Crippen LogP contribution in [0.3, 0.4) is 0 Å². The Hall–Kier alpha value is -1.58. The highest BCUT2D eigenvalue weighted by Crippen LogP contribution is 2.16. The number of unbranched alkanes of at least 4 members (excludes halogenated alkanes) is 1. The lowest BCUT2D eigenvalue weighted by atomic mass is 10.2. The first-order chi connectivity index (χ1) is 7.69. The highest BCUT2D eigenvalue weighted by Gasteiger charge is 2.10. The van der Waals surface area contributed by atoms with Gasteiger partial charge in [-0.2, -0.15) is 0 Å². The fourth-order valence-corrected chi connectivity index (χ4v) is 1.33. The quantitative estimate of drug-likeness (QED) is 0.767. The average molecular weight is 222 g/mol. The van der Waals surface area contributed by atoms with Crippen LogP contribution in [0.2, 0.25) is 0 Å². The molecule has 0 aliphatic rings. The molecule has 0 aromatic carbocycles. The van der Waals surface area contributed by atoms with Crippen LogP contribution in [-0.4, -0.2) is 25.0 Å². The van der Waals surface area contributed by atoms with Crippen LogP contribution >= 0.6 is 0 Å². The molecule has 0 saturated heterocycles. The molecule has 1 heterocycles. The van der Waals surface area contributed by atoms with E-state index in [1.165, 1.54) is 0 Å². The van der Waals surface area contributed by atoms with Crippen LogP contribution in [0.15, 0.2) is 18.3 Å². The van der Waals surface area contributed by atoms with Crippen LogP contribution in [0, 0.1) is 0 Å². The normalized spacial score (nSPS) is 9.94. The predicted octanol–water partition coefficient (Wildman–Crippen LogP) is 2.24. The number of amides is 1. The Morgan fingerprint density at radius 3 is 2.75 bits per heavy atom. The lowest BCUT2D eigenvalue weighted by Crippen LogP contribution is -2.25. The van der Waals surface area contributed by atoms with Crippen molar-refractivity contribution >= 4 is 11.6 Å². The van der Waals surface area contributed by atoms with E-state index in [9.17, 15) is 4.79 Å². The maximum absolute atomic E-state index is 11.7. The number of hydrogen-bond donors (Lipinski definition) is 0. The second-order valence-electron chi connectivity index (χ2n) is 3.62. The van der Waals surface area contributed by atoms with E-state index < -0.39 is 0 Å². The van der Waals surface area contributed by atoms with Gasteiger partial charge in [0.1, 0.15) is 0 Å². The van der Waals surface area contributed by atoms with E-state index in [1.54, 1.807) is 31.3 Å². The Morgan fingerprint density at radius 2 is 2.25 bits per heavy atom. The summed E-state index contributed by atoms with van der Waals surface area (Å²) in [6.07, 6.45) is 4.18. The summed E-state index contributed by atoms with van der Waals surface area (Å²) in [6.45, 7) is 2.07. The third-order valence-electron chi connectivity index (χ3n) is 2.44. The van der Waals surface area contributed by atoms with Crippen molar-refractivity contribution < 1.29 is 9.53 Å². The van der Waals surface area contributed by atoms with Gasteiger partial charge >= 0.3 is 0 Å². The highest BCUT2D eigenvalue weighted by molar-refractivity contribution is 5.92. The van der Waals surface area contributed by atoms with Crippen molar-refractivity contribution in [3.63, 3.8) is 0 Å². The zero-order valence-electron chi connectivity index (χ0n) is 10.1. The van der Waals surface area contributed by atoms with Gasteiger partial charge in [0.2, 0.25) is 11.8 Å². The number of carbonyl (C=O) groups is 1. The molecular weight excluding hydrogens is 204 g/mol. The van der Waals surface area contributed by atoms with Gasteiger partial charge in [-0.05, 0) is 12.5 Å². The molecule has 1 aromatic rings.